The van der Waals surface area contributed by atoms with Gasteiger partial charge in [-0.25, -0.2) is 9.97 Å². The second-order valence-corrected chi connectivity index (χ2v) is 8.25. The van der Waals surface area contributed by atoms with Gasteiger partial charge < -0.3 is 20.1 Å². The molecule has 2 aromatic heterocycles. The van der Waals surface area contributed by atoms with Crippen molar-refractivity contribution < 1.29 is 14.3 Å². The van der Waals surface area contributed by atoms with Crippen LogP contribution in [0, 0.1) is 0 Å². The SMILES string of the molecule is CCCCCCc1cc(N[C@@H](COC(C)C)C(=O)NCCCOCC)nc(-n2ccnc2)n1. The molecule has 184 valence electrons. The molecule has 1 amide bonds. The van der Waals surface area contributed by atoms with Crippen LogP contribution < -0.4 is 10.6 Å². The number of ether oxygens (including phenoxy) is 2. The summed E-state index contributed by atoms with van der Waals surface area (Å²) >= 11 is 0. The fourth-order valence-electron chi connectivity index (χ4n) is 3.21. The quantitative estimate of drug-likeness (QED) is 0.348. The first-order chi connectivity index (χ1) is 16.0. The van der Waals surface area contributed by atoms with Crippen molar-refractivity contribution in [2.45, 2.75) is 78.4 Å². The number of aromatic nitrogens is 4. The van der Waals surface area contributed by atoms with Gasteiger partial charge in [0.15, 0.2) is 0 Å². The van der Waals surface area contributed by atoms with Gasteiger partial charge in [-0.3, -0.25) is 9.36 Å². The number of nitrogens with one attached hydrogen (secondary N) is 2. The average Bonchev–Trinajstić information content (AvgIpc) is 3.34. The summed E-state index contributed by atoms with van der Waals surface area (Å²) in [5, 5.41) is 6.25. The Bertz CT molecular complexity index is 798. The predicted octanol–water partition coefficient (Wildman–Crippen LogP) is 3.53. The molecular formula is C24H40N6O3. The molecule has 0 radical (unpaired) electrons. The van der Waals surface area contributed by atoms with Crippen molar-refractivity contribution in [2.24, 2.45) is 0 Å². The summed E-state index contributed by atoms with van der Waals surface area (Å²) in [7, 11) is 0. The van der Waals surface area contributed by atoms with Crippen LogP contribution in [-0.2, 0) is 20.7 Å². The fourth-order valence-corrected chi connectivity index (χ4v) is 3.21. The number of carbonyl (C=O) groups is 1. The maximum atomic E-state index is 12.9. The number of aryl methyl sites for hydroxylation is 1. The lowest BCUT2D eigenvalue weighted by atomic mass is 10.1. The van der Waals surface area contributed by atoms with Crippen molar-refractivity contribution in [3.8, 4) is 5.95 Å². The van der Waals surface area contributed by atoms with Crippen LogP contribution in [0.25, 0.3) is 5.95 Å². The van der Waals surface area contributed by atoms with Crippen LogP contribution >= 0.6 is 0 Å². The Balaban J connectivity index is 2.14. The molecule has 9 heteroatoms. The van der Waals surface area contributed by atoms with Crippen molar-refractivity contribution in [1.82, 2.24) is 24.8 Å². The highest BCUT2D eigenvalue weighted by Crippen LogP contribution is 2.15. The number of hydrogen-bond donors (Lipinski definition) is 2. The molecule has 0 saturated heterocycles. The van der Waals surface area contributed by atoms with Gasteiger partial charge in [0.2, 0.25) is 11.9 Å². The second kappa shape index (κ2) is 15.3. The zero-order chi connectivity index (χ0) is 23.9. The van der Waals surface area contributed by atoms with Crippen LogP contribution in [0.15, 0.2) is 24.8 Å². The zero-order valence-corrected chi connectivity index (χ0v) is 20.5. The van der Waals surface area contributed by atoms with Gasteiger partial charge in [0, 0.05) is 43.9 Å². The summed E-state index contributed by atoms with van der Waals surface area (Å²) in [6.45, 7) is 10.1. The zero-order valence-electron chi connectivity index (χ0n) is 20.5. The molecule has 0 aliphatic heterocycles. The molecule has 2 N–H and O–H groups in total. The van der Waals surface area contributed by atoms with Crippen LogP contribution in [0.3, 0.4) is 0 Å². The molecule has 2 heterocycles. The first-order valence-corrected chi connectivity index (χ1v) is 12.1. The summed E-state index contributed by atoms with van der Waals surface area (Å²) in [5.41, 5.74) is 0.938. The topological polar surface area (TPSA) is 103 Å². The molecule has 0 fully saturated rings. The van der Waals surface area contributed by atoms with Crippen molar-refractivity contribution in [3.63, 3.8) is 0 Å². The molecule has 2 aromatic rings. The number of unbranched alkanes of at least 4 members (excludes halogenated alkanes) is 3. The molecule has 0 aliphatic rings. The van der Waals surface area contributed by atoms with Gasteiger partial charge in [-0.15, -0.1) is 0 Å². The van der Waals surface area contributed by atoms with E-state index in [4.69, 9.17) is 14.5 Å². The third-order valence-electron chi connectivity index (χ3n) is 4.99. The van der Waals surface area contributed by atoms with E-state index in [0.717, 1.165) is 25.0 Å². The Morgan fingerprint density at radius 3 is 2.70 bits per heavy atom. The number of amides is 1. The monoisotopic (exact) mass is 460 g/mol. The second-order valence-electron chi connectivity index (χ2n) is 8.25. The summed E-state index contributed by atoms with van der Waals surface area (Å²) in [4.78, 5) is 26.3. The van der Waals surface area contributed by atoms with Crippen LogP contribution in [0.4, 0.5) is 5.82 Å². The first-order valence-electron chi connectivity index (χ1n) is 12.1. The highest BCUT2D eigenvalue weighted by Gasteiger charge is 2.20. The third-order valence-corrected chi connectivity index (χ3v) is 4.99. The average molecular weight is 461 g/mol. The third kappa shape index (κ3) is 10.3. The van der Waals surface area contributed by atoms with E-state index in [1.807, 2.05) is 33.0 Å². The molecule has 2 rings (SSSR count). The van der Waals surface area contributed by atoms with Crippen molar-refractivity contribution >= 4 is 11.7 Å². The van der Waals surface area contributed by atoms with Gasteiger partial charge >= 0.3 is 0 Å². The highest BCUT2D eigenvalue weighted by atomic mass is 16.5. The van der Waals surface area contributed by atoms with Gasteiger partial charge in [0.1, 0.15) is 18.2 Å². The van der Waals surface area contributed by atoms with Gasteiger partial charge in [0.05, 0.1) is 12.7 Å². The summed E-state index contributed by atoms with van der Waals surface area (Å²) in [5.74, 6) is 1.00. The fraction of sp³-hybridized carbons (Fsp3) is 0.667. The Hall–Kier alpha value is -2.52. The molecule has 0 bridgehead atoms. The standard InChI is InChI=1S/C24H40N6O3/c1-5-7-8-9-11-20-16-22(29-24(27-20)30-14-13-25-18-30)28-21(17-33-19(3)4)23(31)26-12-10-15-32-6-2/h13-14,16,18-19,21H,5-12,15,17H2,1-4H3,(H,26,31)(H,27,28,29)/t21-/m0/s1. The minimum Gasteiger partial charge on any atom is -0.382 e. The molecule has 1 atom stereocenters. The molecule has 0 unspecified atom stereocenters. The number of hydrogen-bond acceptors (Lipinski definition) is 7. The predicted molar refractivity (Wildman–Crippen MR) is 130 cm³/mol. The van der Waals surface area contributed by atoms with Crippen LogP contribution in [0.2, 0.25) is 0 Å². The van der Waals surface area contributed by atoms with Crippen molar-refractivity contribution in [2.75, 3.05) is 31.7 Å². The van der Waals surface area contributed by atoms with E-state index in [0.29, 0.717) is 31.5 Å². The lowest BCUT2D eigenvalue weighted by Crippen LogP contribution is -2.44. The van der Waals surface area contributed by atoms with Crippen molar-refractivity contribution in [3.05, 3.63) is 30.5 Å². The number of anilines is 1. The minimum absolute atomic E-state index is 0.0149. The van der Waals surface area contributed by atoms with E-state index in [-0.39, 0.29) is 18.6 Å². The highest BCUT2D eigenvalue weighted by molar-refractivity contribution is 5.84. The van der Waals surface area contributed by atoms with E-state index in [1.54, 1.807) is 17.1 Å². The van der Waals surface area contributed by atoms with Gasteiger partial charge in [-0.05, 0) is 40.0 Å². The maximum absolute atomic E-state index is 12.9. The molecule has 9 nitrogen and oxygen atoms in total. The van der Waals surface area contributed by atoms with Crippen molar-refractivity contribution in [1.29, 1.82) is 0 Å². The number of carbonyl (C=O) groups excluding carboxylic acids is 1. The summed E-state index contributed by atoms with van der Waals surface area (Å²) < 4.78 is 12.9. The van der Waals surface area contributed by atoms with E-state index in [2.05, 4.69) is 27.5 Å². The van der Waals surface area contributed by atoms with Gasteiger partial charge in [0.25, 0.3) is 0 Å². The van der Waals surface area contributed by atoms with Crippen LogP contribution in [0.1, 0.15) is 65.5 Å². The van der Waals surface area contributed by atoms with Crippen LogP contribution in [0.5, 0.6) is 0 Å². The Kier molecular flexibility index (Phi) is 12.4. The Morgan fingerprint density at radius 2 is 2.00 bits per heavy atom. The smallest absolute Gasteiger partial charge is 0.244 e. The Morgan fingerprint density at radius 1 is 1.15 bits per heavy atom. The number of rotatable bonds is 17. The largest absolute Gasteiger partial charge is 0.382 e. The summed E-state index contributed by atoms with van der Waals surface area (Å²) in [6.07, 6.45) is 11.4. The molecule has 33 heavy (non-hydrogen) atoms. The lowest BCUT2D eigenvalue weighted by molar-refractivity contribution is -0.123. The van der Waals surface area contributed by atoms with Gasteiger partial charge in [-0.2, -0.15) is 4.98 Å². The van der Waals surface area contributed by atoms with E-state index in [9.17, 15) is 4.79 Å². The molecule has 0 aliphatic carbocycles. The Labute approximate surface area is 197 Å². The minimum atomic E-state index is -0.571. The lowest BCUT2D eigenvalue weighted by Gasteiger charge is -2.21. The normalized spacial score (nSPS) is 12.2. The molecule has 0 saturated carbocycles. The van der Waals surface area contributed by atoms with E-state index >= 15 is 0 Å². The number of imidazole rings is 1. The molecular weight excluding hydrogens is 420 g/mol. The summed E-state index contributed by atoms with van der Waals surface area (Å²) in [6, 6.07) is 1.36. The van der Waals surface area contributed by atoms with Gasteiger partial charge in [-0.1, -0.05) is 26.2 Å². The molecule has 0 spiro atoms. The first kappa shape index (κ1) is 26.7. The number of nitrogens with zero attached hydrogens (tertiary/aromatic N) is 4. The van der Waals surface area contributed by atoms with Crippen LogP contribution in [-0.4, -0.2) is 63.9 Å². The maximum Gasteiger partial charge on any atom is 0.244 e. The van der Waals surface area contributed by atoms with E-state index in [1.165, 1.54) is 19.3 Å². The van der Waals surface area contributed by atoms with E-state index < -0.39 is 6.04 Å². The molecule has 0 aromatic carbocycles.